The number of allylic oxidation sites excluding steroid dienone is 4. The minimum atomic E-state index is -0.368. The predicted molar refractivity (Wildman–Crippen MR) is 172 cm³/mol. The monoisotopic (exact) mass is 628 g/mol. The molecule has 199 valence electrons. The number of rotatable bonds is 10. The summed E-state index contributed by atoms with van der Waals surface area (Å²) in [6.45, 7) is 20.6. The van der Waals surface area contributed by atoms with E-state index in [2.05, 4.69) is 80.3 Å². The Labute approximate surface area is 245 Å². The summed E-state index contributed by atoms with van der Waals surface area (Å²) in [5, 5.41) is 0. The van der Waals surface area contributed by atoms with Gasteiger partial charge in [-0.15, -0.1) is 30.2 Å². The second-order valence-electron chi connectivity index (χ2n) is 6.50. The third-order valence-electron chi connectivity index (χ3n) is 4.90. The molecule has 0 N–H and O–H groups in total. The van der Waals surface area contributed by atoms with E-state index in [0.717, 1.165) is 23.0 Å². The van der Waals surface area contributed by atoms with E-state index in [4.69, 9.17) is 22.5 Å². The van der Waals surface area contributed by atoms with E-state index in [9.17, 15) is 0 Å². The van der Waals surface area contributed by atoms with Crippen molar-refractivity contribution in [2.24, 2.45) is 0 Å². The van der Waals surface area contributed by atoms with Crippen LogP contribution in [0.25, 0.3) is 0 Å². The molecule has 0 fully saturated rings. The van der Waals surface area contributed by atoms with Crippen molar-refractivity contribution in [1.29, 1.82) is 0 Å². The van der Waals surface area contributed by atoms with Gasteiger partial charge < -0.3 is 2.84 Å². The quantitative estimate of drug-likeness (QED) is 0.133. The third kappa shape index (κ3) is 52.3. The van der Waals surface area contributed by atoms with Crippen molar-refractivity contribution in [3.63, 3.8) is 0 Å². The molecule has 0 heterocycles. The summed E-state index contributed by atoms with van der Waals surface area (Å²) in [5.41, 5.74) is 0. The van der Waals surface area contributed by atoms with Gasteiger partial charge in [-0.25, -0.2) is 12.2 Å². The van der Waals surface area contributed by atoms with Gasteiger partial charge in [-0.05, 0) is 55.5 Å². The molecule has 0 saturated heterocycles. The first-order valence-electron chi connectivity index (χ1n) is 12.7. The maximum absolute atomic E-state index is 4.86. The van der Waals surface area contributed by atoms with Crippen LogP contribution in [0.3, 0.4) is 0 Å². The van der Waals surface area contributed by atoms with E-state index in [-0.39, 0.29) is 29.9 Å². The Morgan fingerprint density at radius 2 is 1.00 bits per heavy atom. The van der Waals surface area contributed by atoms with Crippen LogP contribution < -0.4 is 0 Å². The van der Waals surface area contributed by atoms with Gasteiger partial charge in [0.05, 0.1) is 0 Å². The Morgan fingerprint density at radius 1 is 0.758 bits per heavy atom. The number of hydrogen-bond acceptors (Lipinski definition) is 1. The van der Waals surface area contributed by atoms with Gasteiger partial charge in [0.1, 0.15) is 0 Å². The normalized spacial score (nSPS) is 10.4. The molecular weight excluding hydrogens is 573 g/mol. The molecule has 0 unspecified atom stereocenters. The first kappa shape index (κ1) is 45.9. The molecule has 1 rings (SSSR count). The van der Waals surface area contributed by atoms with Crippen molar-refractivity contribution in [3.05, 3.63) is 24.3 Å². The van der Waals surface area contributed by atoms with E-state index in [1.807, 2.05) is 12.2 Å². The fourth-order valence-electron chi connectivity index (χ4n) is 2.35. The van der Waals surface area contributed by atoms with Gasteiger partial charge in [0, 0.05) is 0 Å². The Balaban J connectivity index is -0.0000000972. The maximum atomic E-state index is 4.86. The van der Waals surface area contributed by atoms with E-state index in [0.29, 0.717) is 23.8 Å². The van der Waals surface area contributed by atoms with Crippen molar-refractivity contribution < 1.29 is 17.2 Å². The molecule has 1 nitrogen and oxygen atoms in total. The summed E-state index contributed by atoms with van der Waals surface area (Å²) < 4.78 is 4.82. The Bertz CT molecular complexity index is 291. The van der Waals surface area contributed by atoms with E-state index in [1.165, 1.54) is 55.5 Å². The summed E-state index contributed by atoms with van der Waals surface area (Å²) in [6, 6.07) is 0. The Hall–Kier alpha value is 2.96. The fraction of sp³-hybridized carbons (Fsp3) is 0.833. The summed E-state index contributed by atoms with van der Waals surface area (Å²) in [5.74, 6) is 2.13. The van der Waals surface area contributed by atoms with Crippen LogP contribution >= 0.6 is 43.5 Å². The van der Waals surface area contributed by atoms with Crippen molar-refractivity contribution in [2.75, 3.05) is 55.5 Å². The summed E-state index contributed by atoms with van der Waals surface area (Å²) in [4.78, 5) is 0. The predicted octanol–water partition coefficient (Wildman–Crippen LogP) is 9.22. The van der Waals surface area contributed by atoms with Crippen LogP contribution in [0.5, 0.6) is 0 Å². The molecule has 33 heavy (non-hydrogen) atoms. The molecule has 0 amide bonds. The third-order valence-corrected chi connectivity index (χ3v) is 15.3. The average Bonchev–Trinajstić information content (AvgIpc) is 3.44. The standard InChI is InChI=1S/3C6H15P.C5H5.CH3.2Al.2ClH.O.V.3H/c3*1-4-7(5-2)6-3;1-2-4-5-3-1;;;;;;;;;;/h3*4-6H2,1-3H3;1-3H,4H2;1H3;;;2*1H;;;;;/q;;;-1;;;;;;;+2;;;/p-2. The topological polar surface area (TPSA) is 9.23 Å². The van der Waals surface area contributed by atoms with E-state index in [1.54, 1.807) is 0 Å². The molecule has 1 aliphatic carbocycles. The van der Waals surface area contributed by atoms with Crippen LogP contribution in [0, 0.1) is 6.08 Å². The zero-order chi connectivity index (χ0) is 26.8. The molecular formula is C24H56Al2Cl2OP3V-. The van der Waals surface area contributed by atoms with E-state index < -0.39 is 0 Å². The summed E-state index contributed by atoms with van der Waals surface area (Å²) in [6.07, 6.45) is 22.8. The zero-order valence-electron chi connectivity index (χ0n) is 24.0. The van der Waals surface area contributed by atoms with Crippen LogP contribution in [-0.2, 0) is 17.2 Å². The zero-order valence-corrected chi connectivity index (χ0v) is 33.0. The molecule has 0 aliphatic heterocycles. The molecule has 0 radical (unpaired) electrons. The minimum absolute atomic E-state index is 0.0139. The molecule has 0 spiro atoms. The van der Waals surface area contributed by atoms with Crippen molar-refractivity contribution in [1.82, 2.24) is 0 Å². The van der Waals surface area contributed by atoms with Gasteiger partial charge in [0.15, 0.2) is 0 Å². The van der Waals surface area contributed by atoms with Crippen molar-refractivity contribution in [3.8, 4) is 0 Å². The van der Waals surface area contributed by atoms with Crippen molar-refractivity contribution >= 4 is 75.6 Å². The van der Waals surface area contributed by atoms with Crippen LogP contribution in [0.15, 0.2) is 18.2 Å². The van der Waals surface area contributed by atoms with Gasteiger partial charge in [0.2, 0.25) is 0 Å². The Kier molecular flexibility index (Phi) is 66.8. The van der Waals surface area contributed by atoms with Crippen LogP contribution in [0.2, 0.25) is 5.79 Å². The van der Waals surface area contributed by atoms with Gasteiger partial charge in [-0.3, -0.25) is 6.08 Å². The molecule has 9 heteroatoms. The molecule has 0 aromatic carbocycles. The first-order chi connectivity index (χ1) is 15.9. The number of hydrogen-bond donors (Lipinski definition) is 0. The SMILES string of the molecule is CCP(CC)CC.CCP(CC)CC.CCP(CC)CC.[C-]1=CC=CC1.[CH3][AlH][O][AlH2].[Cl][V][Cl]. The second kappa shape index (κ2) is 48.1. The van der Waals surface area contributed by atoms with Crippen LogP contribution in [0.1, 0.15) is 68.7 Å². The summed E-state index contributed by atoms with van der Waals surface area (Å²) >= 11 is 0.569. The average molecular weight is 629 g/mol. The molecule has 0 aromatic rings. The summed E-state index contributed by atoms with van der Waals surface area (Å²) in [7, 11) is 11.1. The molecule has 0 saturated carbocycles. The van der Waals surface area contributed by atoms with Crippen LogP contribution in [0.4, 0.5) is 0 Å². The molecule has 0 aromatic heterocycles. The molecule has 0 atom stereocenters. The van der Waals surface area contributed by atoms with Gasteiger partial charge in [0.25, 0.3) is 0 Å². The van der Waals surface area contributed by atoms with Crippen molar-refractivity contribution in [2.45, 2.75) is 74.5 Å². The fourth-order valence-corrected chi connectivity index (χ4v) is 6.38. The Morgan fingerprint density at radius 3 is 1.03 bits per heavy atom. The van der Waals surface area contributed by atoms with Crippen LogP contribution in [-0.4, -0.2) is 87.6 Å². The second-order valence-corrected chi connectivity index (χ2v) is 21.4. The first-order valence-corrected chi connectivity index (χ1v) is 25.0. The molecule has 1 aliphatic rings. The van der Waals surface area contributed by atoms with Gasteiger partial charge in [-0.2, -0.15) is 6.08 Å². The molecule has 0 bridgehead atoms. The van der Waals surface area contributed by atoms with Gasteiger partial charge >= 0.3 is 66.2 Å². The van der Waals surface area contributed by atoms with Gasteiger partial charge in [-0.1, -0.05) is 68.1 Å². The van der Waals surface area contributed by atoms with E-state index >= 15 is 0 Å². The number of halogens is 2.